The van der Waals surface area contributed by atoms with Crippen molar-refractivity contribution in [2.75, 3.05) is 13.2 Å². The summed E-state index contributed by atoms with van der Waals surface area (Å²) in [5.41, 5.74) is 3.31. The lowest BCUT2D eigenvalue weighted by Gasteiger charge is -2.22. The van der Waals surface area contributed by atoms with E-state index < -0.39 is 0 Å². The molecule has 25 heavy (non-hydrogen) atoms. The summed E-state index contributed by atoms with van der Waals surface area (Å²) in [6, 6.07) is 9.38. The first-order valence-electron chi connectivity index (χ1n) is 8.47. The van der Waals surface area contributed by atoms with Crippen LogP contribution < -0.4 is 0 Å². The van der Waals surface area contributed by atoms with Gasteiger partial charge in [-0.05, 0) is 36.2 Å². The smallest absolute Gasteiger partial charge is 0.254 e. The molecule has 1 aromatic carbocycles. The molecule has 0 saturated carbocycles. The first-order valence-corrected chi connectivity index (χ1v) is 8.47. The number of aliphatic hydroxyl groups is 1. The number of aromatic nitrogens is 3. The second-order valence-electron chi connectivity index (χ2n) is 5.95. The third-order valence-electron chi connectivity index (χ3n) is 4.09. The maximum Gasteiger partial charge on any atom is 0.254 e. The highest BCUT2D eigenvalue weighted by Gasteiger charge is 2.17. The zero-order chi connectivity index (χ0) is 17.6. The lowest BCUT2D eigenvalue weighted by molar-refractivity contribution is 0.0743. The predicted octanol–water partition coefficient (Wildman–Crippen LogP) is 2.48. The summed E-state index contributed by atoms with van der Waals surface area (Å²) < 4.78 is 1.88. The van der Waals surface area contributed by atoms with E-state index in [1.807, 2.05) is 39.8 Å². The van der Waals surface area contributed by atoms with Gasteiger partial charge in [0.2, 0.25) is 0 Å². The molecule has 0 unspecified atom stereocenters. The van der Waals surface area contributed by atoms with Crippen molar-refractivity contribution in [2.24, 2.45) is 0 Å². The van der Waals surface area contributed by atoms with E-state index in [-0.39, 0.29) is 12.5 Å². The van der Waals surface area contributed by atoms with E-state index in [0.29, 0.717) is 25.2 Å². The standard InChI is InChI=1S/C19H22N4O2/c1-2-8-22(13-15-4-3-7-20-12-15)19(25)16-5-6-18-17(11-16)21-14-23(18)9-10-24/h3-7,11-12,14,24H,2,8-10,13H2,1H3. The minimum absolute atomic E-state index is 0.00990. The maximum absolute atomic E-state index is 12.9. The summed E-state index contributed by atoms with van der Waals surface area (Å²) in [4.78, 5) is 23.2. The molecule has 2 aromatic heterocycles. The second-order valence-corrected chi connectivity index (χ2v) is 5.95. The number of pyridine rings is 1. The maximum atomic E-state index is 12.9. The number of imidazole rings is 1. The van der Waals surface area contributed by atoms with Gasteiger partial charge in [0, 0.05) is 37.6 Å². The van der Waals surface area contributed by atoms with Crippen molar-refractivity contribution in [3.05, 3.63) is 60.2 Å². The fourth-order valence-corrected chi connectivity index (χ4v) is 2.90. The van der Waals surface area contributed by atoms with Crippen molar-refractivity contribution in [1.82, 2.24) is 19.4 Å². The summed E-state index contributed by atoms with van der Waals surface area (Å²) in [5.74, 6) is -0.00990. The quantitative estimate of drug-likeness (QED) is 0.718. The molecular formula is C19H22N4O2. The topological polar surface area (TPSA) is 71.2 Å². The van der Waals surface area contributed by atoms with Crippen LogP contribution >= 0.6 is 0 Å². The van der Waals surface area contributed by atoms with Gasteiger partial charge in [-0.3, -0.25) is 9.78 Å². The molecule has 0 aliphatic heterocycles. The fraction of sp³-hybridized carbons (Fsp3) is 0.316. The number of nitrogens with zero attached hydrogens (tertiary/aromatic N) is 4. The Balaban J connectivity index is 1.85. The Labute approximate surface area is 146 Å². The number of carbonyl (C=O) groups is 1. The highest BCUT2D eigenvalue weighted by atomic mass is 16.3. The van der Waals surface area contributed by atoms with Crippen molar-refractivity contribution < 1.29 is 9.90 Å². The molecule has 0 radical (unpaired) electrons. The number of rotatable bonds is 7. The molecule has 0 aliphatic rings. The van der Waals surface area contributed by atoms with Crippen molar-refractivity contribution in [1.29, 1.82) is 0 Å². The molecule has 6 heteroatoms. The number of hydrogen-bond acceptors (Lipinski definition) is 4. The zero-order valence-corrected chi connectivity index (χ0v) is 14.3. The Kier molecular flexibility index (Phi) is 5.40. The van der Waals surface area contributed by atoms with Crippen LogP contribution in [-0.4, -0.2) is 43.6 Å². The van der Waals surface area contributed by atoms with E-state index in [0.717, 1.165) is 23.0 Å². The van der Waals surface area contributed by atoms with Crippen molar-refractivity contribution in [2.45, 2.75) is 26.4 Å². The van der Waals surface area contributed by atoms with Gasteiger partial charge in [0.05, 0.1) is 24.0 Å². The molecule has 0 saturated heterocycles. The largest absolute Gasteiger partial charge is 0.395 e. The number of fused-ring (bicyclic) bond motifs is 1. The predicted molar refractivity (Wildman–Crippen MR) is 96.1 cm³/mol. The minimum Gasteiger partial charge on any atom is -0.395 e. The Morgan fingerprint density at radius 1 is 1.32 bits per heavy atom. The molecule has 3 aromatic rings. The number of amides is 1. The van der Waals surface area contributed by atoms with E-state index in [4.69, 9.17) is 5.11 Å². The third-order valence-corrected chi connectivity index (χ3v) is 4.09. The SMILES string of the molecule is CCCN(Cc1cccnc1)C(=O)c1ccc2c(c1)ncn2CCO. The van der Waals surface area contributed by atoms with Gasteiger partial charge in [-0.2, -0.15) is 0 Å². The third kappa shape index (κ3) is 3.85. The van der Waals surface area contributed by atoms with Gasteiger partial charge in [-0.25, -0.2) is 4.98 Å². The van der Waals surface area contributed by atoms with Crippen molar-refractivity contribution in [3.8, 4) is 0 Å². The lowest BCUT2D eigenvalue weighted by atomic mass is 10.1. The molecule has 0 atom stereocenters. The summed E-state index contributed by atoms with van der Waals surface area (Å²) in [7, 11) is 0. The minimum atomic E-state index is -0.00990. The summed E-state index contributed by atoms with van der Waals surface area (Å²) in [6.07, 6.45) is 6.09. The summed E-state index contributed by atoms with van der Waals surface area (Å²) in [6.45, 7) is 3.83. The van der Waals surface area contributed by atoms with Gasteiger partial charge >= 0.3 is 0 Å². The highest BCUT2D eigenvalue weighted by molar-refractivity contribution is 5.97. The van der Waals surface area contributed by atoms with Crippen molar-refractivity contribution >= 4 is 16.9 Å². The summed E-state index contributed by atoms with van der Waals surface area (Å²) >= 11 is 0. The number of hydrogen-bond donors (Lipinski definition) is 1. The Morgan fingerprint density at radius 3 is 2.92 bits per heavy atom. The van der Waals surface area contributed by atoms with E-state index >= 15 is 0 Å². The van der Waals surface area contributed by atoms with Crippen LogP contribution in [0.5, 0.6) is 0 Å². The molecule has 3 rings (SSSR count). The van der Waals surface area contributed by atoms with Crippen LogP contribution in [0.4, 0.5) is 0 Å². The van der Waals surface area contributed by atoms with E-state index in [1.54, 1.807) is 18.7 Å². The molecule has 2 heterocycles. The van der Waals surface area contributed by atoms with E-state index in [2.05, 4.69) is 16.9 Å². The average Bonchev–Trinajstić information content (AvgIpc) is 3.04. The van der Waals surface area contributed by atoms with Crippen LogP contribution in [0.3, 0.4) is 0 Å². The van der Waals surface area contributed by atoms with Gasteiger partial charge in [0.15, 0.2) is 0 Å². The normalized spacial score (nSPS) is 11.0. The monoisotopic (exact) mass is 338 g/mol. The van der Waals surface area contributed by atoms with Gasteiger partial charge in [-0.1, -0.05) is 13.0 Å². The molecule has 1 amide bonds. The van der Waals surface area contributed by atoms with Crippen LogP contribution in [0.15, 0.2) is 49.1 Å². The fourth-order valence-electron chi connectivity index (χ4n) is 2.90. The molecule has 0 bridgehead atoms. The van der Waals surface area contributed by atoms with Gasteiger partial charge in [0.25, 0.3) is 5.91 Å². The molecule has 0 fully saturated rings. The van der Waals surface area contributed by atoms with Gasteiger partial charge < -0.3 is 14.6 Å². The second kappa shape index (κ2) is 7.90. The average molecular weight is 338 g/mol. The van der Waals surface area contributed by atoms with Crippen LogP contribution in [0, 0.1) is 0 Å². The first-order chi connectivity index (χ1) is 12.2. The molecule has 6 nitrogen and oxygen atoms in total. The molecule has 0 spiro atoms. The highest BCUT2D eigenvalue weighted by Crippen LogP contribution is 2.17. The number of carbonyl (C=O) groups excluding carboxylic acids is 1. The zero-order valence-electron chi connectivity index (χ0n) is 14.3. The molecule has 130 valence electrons. The van der Waals surface area contributed by atoms with E-state index in [9.17, 15) is 4.79 Å². The van der Waals surface area contributed by atoms with Crippen LogP contribution in [0.2, 0.25) is 0 Å². The van der Waals surface area contributed by atoms with Crippen LogP contribution in [-0.2, 0) is 13.1 Å². The molecule has 1 N–H and O–H groups in total. The molecular weight excluding hydrogens is 316 g/mol. The van der Waals surface area contributed by atoms with Crippen molar-refractivity contribution in [3.63, 3.8) is 0 Å². The van der Waals surface area contributed by atoms with Crippen LogP contribution in [0.1, 0.15) is 29.3 Å². The Morgan fingerprint density at radius 2 is 2.20 bits per heavy atom. The molecule has 0 aliphatic carbocycles. The Bertz CT molecular complexity index is 845. The van der Waals surface area contributed by atoms with Crippen LogP contribution in [0.25, 0.3) is 11.0 Å². The van der Waals surface area contributed by atoms with Gasteiger partial charge in [-0.15, -0.1) is 0 Å². The number of benzene rings is 1. The Hall–Kier alpha value is -2.73. The number of aliphatic hydroxyl groups excluding tert-OH is 1. The van der Waals surface area contributed by atoms with E-state index in [1.165, 1.54) is 0 Å². The lowest BCUT2D eigenvalue weighted by Crippen LogP contribution is -2.31. The van der Waals surface area contributed by atoms with Gasteiger partial charge in [0.1, 0.15) is 0 Å². The summed E-state index contributed by atoms with van der Waals surface area (Å²) in [5, 5.41) is 9.10. The first kappa shape index (κ1) is 17.1.